The Morgan fingerprint density at radius 1 is 1.53 bits per heavy atom. The van der Waals surface area contributed by atoms with Gasteiger partial charge in [-0.2, -0.15) is 11.8 Å². The summed E-state index contributed by atoms with van der Waals surface area (Å²) in [5.74, 6) is 1.42. The van der Waals surface area contributed by atoms with Gasteiger partial charge in [0.15, 0.2) is 0 Å². The van der Waals surface area contributed by atoms with Crippen LogP contribution in [-0.2, 0) is 4.74 Å². The van der Waals surface area contributed by atoms with Crippen LogP contribution < -0.4 is 10.6 Å². The van der Waals surface area contributed by atoms with Crippen LogP contribution in [0.3, 0.4) is 0 Å². The first-order valence-electron chi connectivity index (χ1n) is 6.31. The first-order valence-corrected chi connectivity index (χ1v) is 7.70. The molecular weight excluding hydrogens is 236 g/mol. The third kappa shape index (κ3) is 5.17. The van der Waals surface area contributed by atoms with Crippen molar-refractivity contribution < 1.29 is 9.53 Å². The first-order chi connectivity index (χ1) is 8.17. The second-order valence-corrected chi connectivity index (χ2v) is 5.50. The third-order valence-electron chi connectivity index (χ3n) is 3.23. The molecule has 1 rings (SSSR count). The Labute approximate surface area is 108 Å². The number of rotatable bonds is 6. The summed E-state index contributed by atoms with van der Waals surface area (Å²) < 4.78 is 5.33. The highest BCUT2D eigenvalue weighted by Gasteiger charge is 2.23. The summed E-state index contributed by atoms with van der Waals surface area (Å²) in [5, 5.41) is 6.02. The average molecular weight is 260 g/mol. The minimum Gasteiger partial charge on any atom is -0.381 e. The molecule has 0 aromatic heterocycles. The zero-order chi connectivity index (χ0) is 12.7. The SMILES string of the molecule is CC[C@H](CSC)NC(=O)N[C@H](C)[C@H]1CCOC1. The molecule has 2 N–H and O–H groups in total. The highest BCUT2D eigenvalue weighted by atomic mass is 32.2. The van der Waals surface area contributed by atoms with Crippen LogP contribution in [0.25, 0.3) is 0 Å². The number of hydrogen-bond acceptors (Lipinski definition) is 3. The molecule has 1 saturated heterocycles. The van der Waals surface area contributed by atoms with E-state index in [0.29, 0.717) is 5.92 Å². The molecule has 1 aliphatic rings. The quantitative estimate of drug-likeness (QED) is 0.766. The average Bonchev–Trinajstić information content (AvgIpc) is 2.81. The van der Waals surface area contributed by atoms with Crippen molar-refractivity contribution in [3.63, 3.8) is 0 Å². The molecule has 100 valence electrons. The fourth-order valence-corrected chi connectivity index (χ4v) is 2.68. The van der Waals surface area contributed by atoms with Crippen molar-refractivity contribution in [2.75, 3.05) is 25.2 Å². The van der Waals surface area contributed by atoms with Gasteiger partial charge in [0.1, 0.15) is 0 Å². The molecule has 0 radical (unpaired) electrons. The lowest BCUT2D eigenvalue weighted by Crippen LogP contribution is -2.48. The minimum absolute atomic E-state index is 0.0506. The monoisotopic (exact) mass is 260 g/mol. The first kappa shape index (κ1) is 14.6. The van der Waals surface area contributed by atoms with E-state index in [-0.39, 0.29) is 18.1 Å². The number of hydrogen-bond donors (Lipinski definition) is 2. The largest absolute Gasteiger partial charge is 0.381 e. The predicted molar refractivity (Wildman–Crippen MR) is 72.5 cm³/mol. The van der Waals surface area contributed by atoms with Gasteiger partial charge in [-0.1, -0.05) is 6.92 Å². The van der Waals surface area contributed by atoms with E-state index in [2.05, 4.69) is 30.7 Å². The van der Waals surface area contributed by atoms with Gasteiger partial charge in [-0.15, -0.1) is 0 Å². The van der Waals surface area contributed by atoms with Crippen molar-refractivity contribution >= 4 is 17.8 Å². The van der Waals surface area contributed by atoms with E-state index >= 15 is 0 Å². The molecule has 0 saturated carbocycles. The summed E-state index contributed by atoms with van der Waals surface area (Å²) in [6.45, 7) is 5.73. The van der Waals surface area contributed by atoms with E-state index in [1.165, 1.54) is 0 Å². The highest BCUT2D eigenvalue weighted by molar-refractivity contribution is 7.98. The van der Waals surface area contributed by atoms with Crippen molar-refractivity contribution in [1.29, 1.82) is 0 Å². The van der Waals surface area contributed by atoms with E-state index < -0.39 is 0 Å². The van der Waals surface area contributed by atoms with Gasteiger partial charge >= 0.3 is 6.03 Å². The molecule has 17 heavy (non-hydrogen) atoms. The van der Waals surface area contributed by atoms with Gasteiger partial charge in [-0.05, 0) is 26.0 Å². The van der Waals surface area contributed by atoms with Gasteiger partial charge in [0, 0.05) is 30.4 Å². The summed E-state index contributed by atoms with van der Waals surface area (Å²) in [4.78, 5) is 11.8. The van der Waals surface area contributed by atoms with E-state index in [0.717, 1.165) is 31.8 Å². The van der Waals surface area contributed by atoms with Crippen LogP contribution in [0, 0.1) is 5.92 Å². The molecule has 0 unspecified atom stereocenters. The maximum absolute atomic E-state index is 11.8. The zero-order valence-electron chi connectivity index (χ0n) is 11.0. The Morgan fingerprint density at radius 2 is 2.29 bits per heavy atom. The molecule has 1 heterocycles. The van der Waals surface area contributed by atoms with Gasteiger partial charge in [-0.25, -0.2) is 4.79 Å². The van der Waals surface area contributed by atoms with Crippen molar-refractivity contribution in [2.45, 2.75) is 38.8 Å². The minimum atomic E-state index is -0.0506. The van der Waals surface area contributed by atoms with E-state index in [1.54, 1.807) is 11.8 Å². The summed E-state index contributed by atoms with van der Waals surface area (Å²) in [7, 11) is 0. The van der Waals surface area contributed by atoms with Crippen LogP contribution in [-0.4, -0.2) is 43.3 Å². The topological polar surface area (TPSA) is 50.4 Å². The Kier molecular flexibility index (Phi) is 6.73. The fraction of sp³-hybridized carbons (Fsp3) is 0.917. The summed E-state index contributed by atoms with van der Waals surface area (Å²) in [6, 6.07) is 0.395. The van der Waals surface area contributed by atoms with E-state index in [4.69, 9.17) is 4.74 Å². The second kappa shape index (κ2) is 7.82. The zero-order valence-corrected chi connectivity index (χ0v) is 11.8. The second-order valence-electron chi connectivity index (χ2n) is 4.59. The fourth-order valence-electron chi connectivity index (χ4n) is 1.96. The number of amides is 2. The van der Waals surface area contributed by atoms with Crippen LogP contribution >= 0.6 is 11.8 Å². The number of thioether (sulfide) groups is 1. The molecule has 0 aromatic rings. The van der Waals surface area contributed by atoms with Crippen molar-refractivity contribution in [3.05, 3.63) is 0 Å². The molecule has 1 aliphatic heterocycles. The molecular formula is C12H24N2O2S. The van der Waals surface area contributed by atoms with E-state index in [9.17, 15) is 4.79 Å². The Hall–Kier alpha value is -0.420. The standard InChI is InChI=1S/C12H24N2O2S/c1-4-11(8-17-3)14-12(15)13-9(2)10-5-6-16-7-10/h9-11H,4-8H2,1-3H3,(H2,13,14,15)/t9-,10+,11-/m1/s1. The van der Waals surface area contributed by atoms with Gasteiger partial charge in [-0.3, -0.25) is 0 Å². The molecule has 2 amide bonds. The maximum Gasteiger partial charge on any atom is 0.315 e. The molecule has 0 bridgehead atoms. The van der Waals surface area contributed by atoms with Crippen LogP contribution in [0.4, 0.5) is 4.79 Å². The van der Waals surface area contributed by atoms with Gasteiger partial charge in [0.2, 0.25) is 0 Å². The Morgan fingerprint density at radius 3 is 2.82 bits per heavy atom. The van der Waals surface area contributed by atoms with Gasteiger partial charge in [0.05, 0.1) is 6.61 Å². The third-order valence-corrected chi connectivity index (χ3v) is 3.96. The predicted octanol–water partition coefficient (Wildman–Crippen LogP) is 1.85. The number of carbonyl (C=O) groups is 1. The maximum atomic E-state index is 11.8. The van der Waals surface area contributed by atoms with Crippen LogP contribution in [0.1, 0.15) is 26.7 Å². The summed E-state index contributed by atoms with van der Waals surface area (Å²) in [5.41, 5.74) is 0. The smallest absolute Gasteiger partial charge is 0.315 e. The summed E-state index contributed by atoms with van der Waals surface area (Å²) in [6.07, 6.45) is 4.07. The molecule has 3 atom stereocenters. The summed E-state index contributed by atoms with van der Waals surface area (Å²) >= 11 is 1.76. The Balaban J connectivity index is 2.27. The lowest BCUT2D eigenvalue weighted by atomic mass is 10.0. The van der Waals surface area contributed by atoms with Crippen LogP contribution in [0.5, 0.6) is 0 Å². The van der Waals surface area contributed by atoms with Gasteiger partial charge in [0.25, 0.3) is 0 Å². The lowest BCUT2D eigenvalue weighted by molar-refractivity contribution is 0.177. The van der Waals surface area contributed by atoms with Crippen molar-refractivity contribution in [1.82, 2.24) is 10.6 Å². The van der Waals surface area contributed by atoms with Crippen LogP contribution in [0.15, 0.2) is 0 Å². The molecule has 4 nitrogen and oxygen atoms in total. The normalized spacial score (nSPS) is 23.1. The molecule has 0 aromatic carbocycles. The van der Waals surface area contributed by atoms with Crippen molar-refractivity contribution in [3.8, 4) is 0 Å². The molecule has 0 spiro atoms. The van der Waals surface area contributed by atoms with Crippen molar-refractivity contribution in [2.24, 2.45) is 5.92 Å². The number of nitrogens with one attached hydrogen (secondary N) is 2. The number of urea groups is 1. The lowest BCUT2D eigenvalue weighted by Gasteiger charge is -2.22. The Bertz CT molecular complexity index is 233. The number of carbonyl (C=O) groups excluding carboxylic acids is 1. The number of ether oxygens (including phenoxy) is 1. The highest BCUT2D eigenvalue weighted by Crippen LogP contribution is 2.16. The molecule has 5 heteroatoms. The van der Waals surface area contributed by atoms with E-state index in [1.807, 2.05) is 0 Å². The molecule has 0 aliphatic carbocycles. The van der Waals surface area contributed by atoms with Crippen LogP contribution in [0.2, 0.25) is 0 Å². The van der Waals surface area contributed by atoms with Gasteiger partial charge < -0.3 is 15.4 Å². The molecule has 1 fully saturated rings.